The Kier molecular flexibility index (Phi) is 5.79. The molecule has 0 aliphatic heterocycles. The van der Waals surface area contributed by atoms with E-state index >= 15 is 0 Å². The van der Waals surface area contributed by atoms with E-state index in [4.69, 9.17) is 4.74 Å². The van der Waals surface area contributed by atoms with Crippen molar-refractivity contribution in [3.05, 3.63) is 58.6 Å². The monoisotopic (exact) mass is 397 g/mol. The first kappa shape index (κ1) is 17.5. The van der Waals surface area contributed by atoms with Crippen LogP contribution in [0.4, 0.5) is 5.69 Å². The number of carbonyl (C=O) groups excluding carboxylic acids is 1. The molecule has 0 amide bonds. The number of carbonyl (C=O) groups is 1. The van der Waals surface area contributed by atoms with Crippen LogP contribution in [0.3, 0.4) is 0 Å². The second kappa shape index (κ2) is 7.61. The van der Waals surface area contributed by atoms with E-state index in [9.17, 15) is 13.2 Å². The van der Waals surface area contributed by atoms with Crippen molar-refractivity contribution >= 4 is 37.6 Å². The molecule has 0 radical (unpaired) electrons. The lowest BCUT2D eigenvalue weighted by Crippen LogP contribution is -2.13. The van der Waals surface area contributed by atoms with Crippen molar-refractivity contribution in [2.45, 2.75) is 18.2 Å². The van der Waals surface area contributed by atoms with Crippen molar-refractivity contribution in [1.29, 1.82) is 0 Å². The average Bonchev–Trinajstić information content (AvgIpc) is 2.49. The summed E-state index contributed by atoms with van der Waals surface area (Å²) >= 11 is 3.25. The molecule has 0 unspecified atom stereocenters. The van der Waals surface area contributed by atoms with Gasteiger partial charge in [-0.1, -0.05) is 34.1 Å². The highest BCUT2D eigenvalue weighted by molar-refractivity contribution is 9.10. The first-order valence-electron chi connectivity index (χ1n) is 6.93. The summed E-state index contributed by atoms with van der Waals surface area (Å²) in [4.78, 5) is 11.6. The van der Waals surface area contributed by atoms with Crippen LogP contribution in [0.2, 0.25) is 0 Å². The first-order valence-corrected chi connectivity index (χ1v) is 9.21. The molecule has 0 saturated heterocycles. The van der Waals surface area contributed by atoms with E-state index in [0.717, 1.165) is 5.56 Å². The molecule has 0 aliphatic carbocycles. The van der Waals surface area contributed by atoms with Crippen molar-refractivity contribution in [3.8, 4) is 0 Å². The number of esters is 1. The van der Waals surface area contributed by atoms with Crippen LogP contribution in [0.1, 0.15) is 12.5 Å². The fraction of sp³-hybridized carbons (Fsp3) is 0.188. The highest BCUT2D eigenvalue weighted by Crippen LogP contribution is 2.20. The van der Waals surface area contributed by atoms with Gasteiger partial charge < -0.3 is 4.74 Å². The number of ether oxygens (including phenoxy) is 1. The quantitative estimate of drug-likeness (QED) is 0.758. The Balaban J connectivity index is 2.10. The van der Waals surface area contributed by atoms with Crippen LogP contribution in [0.15, 0.2) is 57.9 Å². The maximum atomic E-state index is 12.3. The minimum absolute atomic E-state index is 0.159. The molecule has 2 aromatic carbocycles. The summed E-state index contributed by atoms with van der Waals surface area (Å²) in [7, 11) is -3.65. The second-order valence-electron chi connectivity index (χ2n) is 4.74. The van der Waals surface area contributed by atoms with Crippen LogP contribution in [0.25, 0.3) is 0 Å². The van der Waals surface area contributed by atoms with E-state index < -0.39 is 10.0 Å². The molecular formula is C16H16BrNO4S. The van der Waals surface area contributed by atoms with Gasteiger partial charge in [-0.2, -0.15) is 0 Å². The number of anilines is 1. The van der Waals surface area contributed by atoms with Gasteiger partial charge in [0.05, 0.1) is 17.9 Å². The lowest BCUT2D eigenvalue weighted by Gasteiger charge is -2.09. The molecule has 2 rings (SSSR count). The van der Waals surface area contributed by atoms with E-state index in [1.54, 1.807) is 43.3 Å². The van der Waals surface area contributed by atoms with Crippen molar-refractivity contribution < 1.29 is 17.9 Å². The number of halogens is 1. The summed E-state index contributed by atoms with van der Waals surface area (Å²) in [5, 5.41) is 0. The Bertz CT molecular complexity index is 788. The number of benzene rings is 2. The Morgan fingerprint density at radius 1 is 1.17 bits per heavy atom. The van der Waals surface area contributed by atoms with Gasteiger partial charge in [-0.15, -0.1) is 0 Å². The highest BCUT2D eigenvalue weighted by atomic mass is 79.9. The van der Waals surface area contributed by atoms with Gasteiger partial charge in [0.15, 0.2) is 0 Å². The van der Waals surface area contributed by atoms with E-state index in [-0.39, 0.29) is 17.3 Å². The standard InChI is InChI=1S/C16H16BrNO4S/c1-2-22-16(19)10-12-6-8-14(9-7-12)18-23(20,21)15-5-3-4-13(17)11-15/h3-9,11,18H,2,10H2,1H3. The normalized spacial score (nSPS) is 11.0. The number of hydrogen-bond donors (Lipinski definition) is 1. The van der Waals surface area contributed by atoms with E-state index in [1.807, 2.05) is 0 Å². The second-order valence-corrected chi connectivity index (χ2v) is 7.34. The minimum Gasteiger partial charge on any atom is -0.466 e. The Morgan fingerprint density at radius 3 is 2.48 bits per heavy atom. The van der Waals surface area contributed by atoms with E-state index in [2.05, 4.69) is 20.7 Å². The molecule has 1 N–H and O–H groups in total. The molecule has 0 spiro atoms. The topological polar surface area (TPSA) is 72.5 Å². The number of sulfonamides is 1. The minimum atomic E-state index is -3.65. The third-order valence-corrected chi connectivity index (χ3v) is 4.84. The smallest absolute Gasteiger partial charge is 0.310 e. The van der Waals surface area contributed by atoms with Crippen LogP contribution in [-0.4, -0.2) is 21.0 Å². The summed E-state index contributed by atoms with van der Waals surface area (Å²) < 4.78 is 32.7. The fourth-order valence-electron chi connectivity index (χ4n) is 1.92. The zero-order valence-electron chi connectivity index (χ0n) is 12.5. The zero-order chi connectivity index (χ0) is 16.9. The summed E-state index contributed by atoms with van der Waals surface area (Å²) in [5.74, 6) is -0.310. The molecular weight excluding hydrogens is 382 g/mol. The maximum absolute atomic E-state index is 12.3. The fourth-order valence-corrected chi connectivity index (χ4v) is 3.57. The Morgan fingerprint density at radius 2 is 1.87 bits per heavy atom. The van der Waals surface area contributed by atoms with Crippen molar-refractivity contribution in [3.63, 3.8) is 0 Å². The molecule has 122 valence electrons. The van der Waals surface area contributed by atoms with Crippen molar-refractivity contribution in [2.75, 3.05) is 11.3 Å². The summed E-state index contributed by atoms with van der Waals surface area (Å²) in [6.45, 7) is 2.08. The predicted octanol–water partition coefficient (Wildman–Crippen LogP) is 3.36. The van der Waals surface area contributed by atoms with Crippen LogP contribution in [-0.2, 0) is 26.0 Å². The van der Waals surface area contributed by atoms with E-state index in [0.29, 0.717) is 16.8 Å². The Hall–Kier alpha value is -1.86. The molecule has 7 heteroatoms. The molecule has 0 bridgehead atoms. The molecule has 5 nitrogen and oxygen atoms in total. The van der Waals surface area contributed by atoms with Gasteiger partial charge in [0, 0.05) is 10.2 Å². The number of hydrogen-bond acceptors (Lipinski definition) is 4. The largest absolute Gasteiger partial charge is 0.466 e. The number of rotatable bonds is 6. The molecule has 0 atom stereocenters. The third-order valence-electron chi connectivity index (χ3n) is 2.97. The van der Waals surface area contributed by atoms with Gasteiger partial charge in [0.2, 0.25) is 0 Å². The molecule has 0 saturated carbocycles. The zero-order valence-corrected chi connectivity index (χ0v) is 14.9. The predicted molar refractivity (Wildman–Crippen MR) is 91.7 cm³/mol. The van der Waals surface area contributed by atoms with E-state index in [1.165, 1.54) is 12.1 Å². The molecule has 0 aliphatic rings. The lowest BCUT2D eigenvalue weighted by atomic mass is 10.1. The molecule has 0 heterocycles. The summed E-state index contributed by atoms with van der Waals surface area (Å²) in [5.41, 5.74) is 1.19. The SMILES string of the molecule is CCOC(=O)Cc1ccc(NS(=O)(=O)c2cccc(Br)c2)cc1. The lowest BCUT2D eigenvalue weighted by molar-refractivity contribution is -0.142. The molecule has 23 heavy (non-hydrogen) atoms. The van der Waals surface area contributed by atoms with Gasteiger partial charge in [-0.25, -0.2) is 8.42 Å². The molecule has 0 aromatic heterocycles. The molecule has 0 fully saturated rings. The first-order chi connectivity index (χ1) is 10.9. The van der Waals surface area contributed by atoms with Crippen LogP contribution in [0.5, 0.6) is 0 Å². The van der Waals surface area contributed by atoms with Gasteiger partial charge in [-0.05, 0) is 42.8 Å². The van der Waals surface area contributed by atoms with Crippen LogP contribution in [0, 0.1) is 0 Å². The third kappa shape index (κ3) is 5.07. The van der Waals surface area contributed by atoms with Gasteiger partial charge in [0.25, 0.3) is 10.0 Å². The van der Waals surface area contributed by atoms with Gasteiger partial charge >= 0.3 is 5.97 Å². The van der Waals surface area contributed by atoms with Crippen LogP contribution >= 0.6 is 15.9 Å². The molecule has 2 aromatic rings. The Labute approximate surface area is 143 Å². The highest BCUT2D eigenvalue weighted by Gasteiger charge is 2.14. The average molecular weight is 398 g/mol. The number of nitrogens with one attached hydrogen (secondary N) is 1. The van der Waals surface area contributed by atoms with Crippen molar-refractivity contribution in [2.24, 2.45) is 0 Å². The van der Waals surface area contributed by atoms with Crippen LogP contribution < -0.4 is 4.72 Å². The van der Waals surface area contributed by atoms with Gasteiger partial charge in [0.1, 0.15) is 0 Å². The summed E-state index contributed by atoms with van der Waals surface area (Å²) in [6, 6.07) is 13.1. The maximum Gasteiger partial charge on any atom is 0.310 e. The summed E-state index contributed by atoms with van der Waals surface area (Å²) in [6.07, 6.45) is 0.159. The van der Waals surface area contributed by atoms with Gasteiger partial charge in [-0.3, -0.25) is 9.52 Å². The van der Waals surface area contributed by atoms with Crippen molar-refractivity contribution in [1.82, 2.24) is 0 Å².